The Morgan fingerprint density at radius 3 is 2.64 bits per heavy atom. The highest BCUT2D eigenvalue weighted by atomic mass is 32.1. The maximum absolute atomic E-state index is 14.0. The third kappa shape index (κ3) is 9.36. The quantitative estimate of drug-likeness (QED) is 0.0582. The summed E-state index contributed by atoms with van der Waals surface area (Å²) < 4.78 is 27.2. The number of fused-ring (bicyclic) bond motifs is 1. The number of benzene rings is 2. The maximum atomic E-state index is 14.0. The third-order valence-corrected chi connectivity index (χ3v) is 8.42. The van der Waals surface area contributed by atoms with Gasteiger partial charge in [-0.3, -0.25) is 9.59 Å². The number of carbonyl (C=O) groups is 2. The lowest BCUT2D eigenvalue weighted by atomic mass is 9.88. The molecule has 0 radical (unpaired) electrons. The second-order valence-corrected chi connectivity index (χ2v) is 12.2. The number of ketones is 1. The molecule has 1 aromatic heterocycles. The molecule has 1 aliphatic rings. The van der Waals surface area contributed by atoms with Crippen LogP contribution in [0, 0.1) is 0 Å². The molecule has 2 atom stereocenters. The Kier molecular flexibility index (Phi) is 13.7. The summed E-state index contributed by atoms with van der Waals surface area (Å²) in [5.74, 6) is -0.530. The molecule has 0 unspecified atom stereocenters. The number of Topliss-reactive ketones (excluding diaryl/α,β-unsaturated/α-hetero) is 1. The van der Waals surface area contributed by atoms with Crippen LogP contribution in [0.5, 0.6) is 23.2 Å². The Labute approximate surface area is 296 Å². The van der Waals surface area contributed by atoms with Gasteiger partial charge in [-0.05, 0) is 68.5 Å². The summed E-state index contributed by atoms with van der Waals surface area (Å²) in [6, 6.07) is 10.1. The maximum Gasteiger partial charge on any atom is 0.516 e. The lowest BCUT2D eigenvalue weighted by Crippen LogP contribution is -2.44. The van der Waals surface area contributed by atoms with Crippen LogP contribution in [0.1, 0.15) is 85.0 Å². The second kappa shape index (κ2) is 18.1. The van der Waals surface area contributed by atoms with Crippen LogP contribution in [0.25, 0.3) is 12.2 Å². The molecule has 50 heavy (non-hydrogen) atoms. The minimum atomic E-state index is -1.26. The topological polar surface area (TPSA) is 142 Å². The van der Waals surface area contributed by atoms with E-state index in [1.165, 1.54) is 20.1 Å². The molecule has 3 aromatic rings. The molecule has 4 rings (SSSR count). The van der Waals surface area contributed by atoms with Gasteiger partial charge in [-0.25, -0.2) is 4.79 Å². The van der Waals surface area contributed by atoms with Crippen molar-refractivity contribution in [1.29, 1.82) is 0 Å². The van der Waals surface area contributed by atoms with Gasteiger partial charge in [-0.2, -0.15) is 0 Å². The number of thiocarbonyl (C=S) groups is 1. The van der Waals surface area contributed by atoms with Crippen molar-refractivity contribution in [3.63, 3.8) is 0 Å². The van der Waals surface area contributed by atoms with Crippen LogP contribution in [0.4, 0.5) is 4.79 Å². The van der Waals surface area contributed by atoms with Crippen LogP contribution in [0.3, 0.4) is 0 Å². The zero-order chi connectivity index (χ0) is 36.2. The molecule has 264 valence electrons. The highest BCUT2D eigenvalue weighted by Crippen LogP contribution is 2.36. The fourth-order valence-corrected chi connectivity index (χ4v) is 5.76. The number of aliphatic hydroxyl groups excluding tert-OH is 1. The largest absolute Gasteiger partial charge is 0.516 e. The van der Waals surface area contributed by atoms with E-state index in [1.54, 1.807) is 54.6 Å². The zero-order valence-corrected chi connectivity index (χ0v) is 29.4. The van der Waals surface area contributed by atoms with Gasteiger partial charge in [0.15, 0.2) is 11.2 Å². The Morgan fingerprint density at radius 2 is 1.92 bits per heavy atom. The number of aliphatic hydroxyl groups is 1. The van der Waals surface area contributed by atoms with Crippen molar-refractivity contribution < 1.29 is 43.2 Å². The smallest absolute Gasteiger partial charge is 0.507 e. The Balaban J connectivity index is 1.54. The summed E-state index contributed by atoms with van der Waals surface area (Å²) in [4.78, 5) is 38.6. The summed E-state index contributed by atoms with van der Waals surface area (Å²) in [5.41, 5.74) is 1.02. The fraction of sp³-hybridized carbons (Fsp3) is 0.333. The highest BCUT2D eigenvalue weighted by Gasteiger charge is 2.31. The van der Waals surface area contributed by atoms with Gasteiger partial charge >= 0.3 is 12.1 Å². The number of carbonyl (C=O) groups excluding carboxylic acids is 2. The number of phenolic OH excluding ortho intramolecular Hbond substituents is 1. The molecule has 0 fully saturated rings. The van der Waals surface area contributed by atoms with E-state index in [0.717, 1.165) is 32.8 Å². The first-order valence-electron chi connectivity index (χ1n) is 16.4. The number of hydrogen-bond acceptors (Lipinski definition) is 11. The molecule has 0 amide bonds. The molecule has 0 saturated heterocycles. The first kappa shape index (κ1) is 37.8. The van der Waals surface area contributed by atoms with Crippen molar-refractivity contribution in [2.45, 2.75) is 64.4 Å². The summed E-state index contributed by atoms with van der Waals surface area (Å²) in [6.45, 7) is 3.85. The van der Waals surface area contributed by atoms with E-state index in [4.69, 9.17) is 30.8 Å². The van der Waals surface area contributed by atoms with Crippen molar-refractivity contribution >= 4 is 41.2 Å². The molecule has 0 saturated carbocycles. The zero-order valence-electron chi connectivity index (χ0n) is 28.6. The van der Waals surface area contributed by atoms with Gasteiger partial charge in [0, 0.05) is 22.8 Å². The van der Waals surface area contributed by atoms with Crippen molar-refractivity contribution in [3.8, 4) is 23.2 Å². The molecule has 2 N–H and O–H groups in total. The number of allylic oxidation sites excluding steroid dienone is 3. The monoisotopic (exact) mass is 702 g/mol. The fourth-order valence-electron chi connectivity index (χ4n) is 5.57. The van der Waals surface area contributed by atoms with E-state index in [9.17, 15) is 24.6 Å². The van der Waals surface area contributed by atoms with Crippen molar-refractivity contribution in [1.82, 2.24) is 0 Å². The SMILES string of the molecule is CCCc1c(OCCCC/C=C\C=C\[C@@H](c2c(OC(=O)OC)oc3c(c2=O)=CCC(=S)C=3)[C@@H](O)c2cccc(OC)c2)ccc(C(C)=O)c1O. The Bertz CT molecular complexity index is 1960. The Morgan fingerprint density at radius 1 is 1.12 bits per heavy atom. The molecular weight excluding hydrogens is 660 g/mol. The molecule has 2 aromatic carbocycles. The van der Waals surface area contributed by atoms with Gasteiger partial charge in [0.1, 0.15) is 22.7 Å². The standard InChI is InChI=1S/C39H42O10S/c1-5-13-29-32(20-19-28(24(2)40)36(29)42)47-21-11-9-7-6-8-10-16-31(35(41)25-14-12-15-26(22-25)45-3)34-37(43)30-18-17-27(50)23-33(30)48-38(34)49-39(44)46-4/h6,8,10,12,14-16,18-20,22-23,31,35,41-42H,5,7,9,11,13,17,21H2,1-4H3/b8-6-,16-10+/t31-,35-/m0/s1. The number of methoxy groups -OCH3 is 2. The second-order valence-electron chi connectivity index (χ2n) is 11.6. The first-order chi connectivity index (χ1) is 24.1. The highest BCUT2D eigenvalue weighted by molar-refractivity contribution is 7.81. The van der Waals surface area contributed by atoms with E-state index < -0.39 is 29.6 Å². The van der Waals surface area contributed by atoms with Crippen molar-refractivity contribution in [2.24, 2.45) is 0 Å². The van der Waals surface area contributed by atoms with E-state index in [2.05, 4.69) is 4.74 Å². The van der Waals surface area contributed by atoms with Crippen LogP contribution < -0.4 is 30.3 Å². The molecule has 1 aliphatic carbocycles. The molecule has 11 heteroatoms. The molecule has 1 heterocycles. The average molecular weight is 703 g/mol. The summed E-state index contributed by atoms with van der Waals surface area (Å²) in [7, 11) is 2.65. The van der Waals surface area contributed by atoms with Crippen molar-refractivity contribution in [3.05, 3.63) is 104 Å². The number of phenols is 1. The summed E-state index contributed by atoms with van der Waals surface area (Å²) in [5, 5.41) is 22.5. The van der Waals surface area contributed by atoms with Gasteiger partial charge in [-0.15, -0.1) is 0 Å². The predicted octanol–water partition coefficient (Wildman–Crippen LogP) is 6.17. The Hall–Kier alpha value is -5.00. The van der Waals surface area contributed by atoms with Crippen LogP contribution in [-0.4, -0.2) is 47.8 Å². The predicted molar refractivity (Wildman–Crippen MR) is 194 cm³/mol. The number of unbranched alkanes of at least 4 members (excludes halogenated alkanes) is 2. The number of rotatable bonds is 16. The van der Waals surface area contributed by atoms with Crippen LogP contribution >= 0.6 is 12.2 Å². The minimum Gasteiger partial charge on any atom is -0.507 e. The summed E-state index contributed by atoms with van der Waals surface area (Å²) in [6.07, 6.45) is 12.0. The number of ether oxygens (including phenoxy) is 4. The number of aromatic hydroxyl groups is 1. The van der Waals surface area contributed by atoms with Gasteiger partial charge in [-0.1, -0.05) is 68.1 Å². The van der Waals surface area contributed by atoms with Crippen LogP contribution in [0.15, 0.2) is 69.9 Å². The van der Waals surface area contributed by atoms with E-state index in [0.29, 0.717) is 52.5 Å². The lowest BCUT2D eigenvalue weighted by Gasteiger charge is -2.22. The van der Waals surface area contributed by atoms with Crippen molar-refractivity contribution in [2.75, 3.05) is 20.8 Å². The number of hydrogen-bond donors (Lipinski definition) is 2. The van der Waals surface area contributed by atoms with E-state index >= 15 is 0 Å². The minimum absolute atomic E-state index is 0.0147. The molecule has 0 spiro atoms. The normalized spacial score (nSPS) is 13.7. The summed E-state index contributed by atoms with van der Waals surface area (Å²) >= 11 is 5.28. The average Bonchev–Trinajstić information content (AvgIpc) is 3.10. The van der Waals surface area contributed by atoms with Gasteiger partial charge in [0.2, 0.25) is 0 Å². The van der Waals surface area contributed by atoms with E-state index in [-0.39, 0.29) is 27.7 Å². The third-order valence-electron chi connectivity index (χ3n) is 8.14. The molecule has 0 aliphatic heterocycles. The van der Waals surface area contributed by atoms with Gasteiger partial charge in [0.05, 0.1) is 43.3 Å². The van der Waals surface area contributed by atoms with Gasteiger partial charge in [0.25, 0.3) is 0 Å². The molecule has 10 nitrogen and oxygen atoms in total. The van der Waals surface area contributed by atoms with Gasteiger partial charge < -0.3 is 33.6 Å². The first-order valence-corrected chi connectivity index (χ1v) is 16.8. The van der Waals surface area contributed by atoms with E-state index in [1.807, 2.05) is 19.1 Å². The van der Waals surface area contributed by atoms with Crippen LogP contribution in [-0.2, 0) is 11.2 Å². The lowest BCUT2D eigenvalue weighted by molar-refractivity contribution is 0.101. The molecular formula is C39H42O10S. The van der Waals surface area contributed by atoms with Crippen LogP contribution in [0.2, 0.25) is 0 Å². The molecule has 0 bridgehead atoms.